The summed E-state index contributed by atoms with van der Waals surface area (Å²) in [5.41, 5.74) is -0.734. The van der Waals surface area contributed by atoms with Crippen LogP contribution in [0.3, 0.4) is 0 Å². The van der Waals surface area contributed by atoms with Crippen LogP contribution in [0.4, 0.5) is 13.2 Å². The van der Waals surface area contributed by atoms with Crippen LogP contribution >= 0.6 is 11.6 Å². The van der Waals surface area contributed by atoms with E-state index in [9.17, 15) is 13.2 Å². The van der Waals surface area contributed by atoms with Crippen molar-refractivity contribution in [1.82, 2.24) is 0 Å². The maximum absolute atomic E-state index is 11.9. The first-order chi connectivity index (χ1) is 5.00. The molecule has 0 aliphatic rings. The van der Waals surface area contributed by atoms with Crippen LogP contribution in [0, 0.1) is 6.07 Å². The van der Waals surface area contributed by atoms with E-state index in [1.165, 1.54) is 0 Å². The van der Waals surface area contributed by atoms with Crippen molar-refractivity contribution in [1.29, 1.82) is 0 Å². The van der Waals surface area contributed by atoms with E-state index in [1.54, 1.807) is 0 Å². The molecule has 76 valence electrons. The van der Waals surface area contributed by atoms with Gasteiger partial charge in [0.05, 0.1) is 0 Å². The van der Waals surface area contributed by atoms with Gasteiger partial charge in [-0.15, -0.1) is 11.6 Å². The maximum atomic E-state index is 11.9. The molecule has 0 spiro atoms. The molecule has 0 aromatic heterocycles. The molecule has 0 N–H and O–H groups in total. The summed E-state index contributed by atoms with van der Waals surface area (Å²) in [5, 5.41) is 0.179. The van der Waals surface area contributed by atoms with Gasteiger partial charge in [0.2, 0.25) is 0 Å². The molecule has 1 aromatic rings. The third-order valence-electron chi connectivity index (χ3n) is 1.10. The number of rotatable bonds is 0. The number of halogens is 6. The topological polar surface area (TPSA) is 0 Å². The second-order valence-electron chi connectivity index (χ2n) is 1.92. The fourth-order valence-corrected chi connectivity index (χ4v) is 0.700. The molecule has 8 heteroatoms. The number of hydrogen-bond acceptors (Lipinski definition) is 0. The van der Waals surface area contributed by atoms with Crippen molar-refractivity contribution in [2.75, 3.05) is 0 Å². The second kappa shape index (κ2) is 10.4. The minimum absolute atomic E-state index is 0. The van der Waals surface area contributed by atoms with E-state index < -0.39 is 11.7 Å². The van der Waals surface area contributed by atoms with E-state index in [0.29, 0.717) is 0 Å². The van der Waals surface area contributed by atoms with E-state index in [1.807, 2.05) is 0 Å². The van der Waals surface area contributed by atoms with Gasteiger partial charge >= 0.3 is 48.1 Å². The summed E-state index contributed by atoms with van der Waals surface area (Å²) >= 11 is 5.34. The van der Waals surface area contributed by atoms with Crippen LogP contribution in [0.2, 0.25) is 5.02 Å². The standard InChI is InChI=1S/C7H3ClF3.2ClH.Li.Mg/c8-6-3-1-5(2-4-6)7(9,10)11;;;;/h1-3H;2*1H;;/q-1;;;+1;+2/p-2. The molecule has 0 unspecified atom stereocenters. The van der Waals surface area contributed by atoms with Crippen molar-refractivity contribution in [2.24, 2.45) is 0 Å². The Bertz CT molecular complexity index is 253. The molecule has 1 rings (SSSR count). The Morgan fingerprint density at radius 2 is 1.60 bits per heavy atom. The van der Waals surface area contributed by atoms with Crippen LogP contribution in [0.25, 0.3) is 0 Å². The zero-order valence-corrected chi connectivity index (χ0v) is 11.4. The Hall–Kier alpha value is 1.24. The molecule has 0 saturated carbocycles. The SMILES string of the molecule is FC(F)(F)c1c[c-]c(Cl)cc1.[Cl-].[Cl-].[Li+].[Mg+2]. The molecule has 0 radical (unpaired) electrons. The summed E-state index contributed by atoms with van der Waals surface area (Å²) in [4.78, 5) is 0. The van der Waals surface area contributed by atoms with Gasteiger partial charge in [-0.25, -0.2) is 0 Å². The van der Waals surface area contributed by atoms with Crippen molar-refractivity contribution >= 4 is 34.7 Å². The summed E-state index contributed by atoms with van der Waals surface area (Å²) in [6.45, 7) is 0. The maximum Gasteiger partial charge on any atom is 2.00 e. The molecule has 0 aliphatic heterocycles. The predicted octanol–water partition coefficient (Wildman–Crippen LogP) is -6.21. The third kappa shape index (κ3) is 8.99. The van der Waals surface area contributed by atoms with Gasteiger partial charge in [0.15, 0.2) is 0 Å². The fraction of sp³-hybridized carbons (Fsp3) is 0.143. The number of benzene rings is 1. The van der Waals surface area contributed by atoms with E-state index >= 15 is 0 Å². The van der Waals surface area contributed by atoms with Crippen molar-refractivity contribution in [2.45, 2.75) is 6.18 Å². The van der Waals surface area contributed by atoms with Gasteiger partial charge in [-0.2, -0.15) is 37.4 Å². The van der Waals surface area contributed by atoms with Crippen LogP contribution in [-0.4, -0.2) is 23.1 Å². The molecule has 1 aromatic carbocycles. The average molecular weight is 282 g/mol. The van der Waals surface area contributed by atoms with E-state index in [4.69, 9.17) is 11.6 Å². The summed E-state index contributed by atoms with van der Waals surface area (Å²) in [7, 11) is 0. The quantitative estimate of drug-likeness (QED) is 0.328. The summed E-state index contributed by atoms with van der Waals surface area (Å²) < 4.78 is 35.6. The summed E-state index contributed by atoms with van der Waals surface area (Å²) in [6.07, 6.45) is -4.30. The Morgan fingerprint density at radius 1 is 1.13 bits per heavy atom. The van der Waals surface area contributed by atoms with Crippen molar-refractivity contribution in [3.8, 4) is 0 Å². The number of hydrogen-bond donors (Lipinski definition) is 0. The molecular formula is C7H3Cl3F3LiMg. The first-order valence-electron chi connectivity index (χ1n) is 2.74. The third-order valence-corrected chi connectivity index (χ3v) is 1.34. The van der Waals surface area contributed by atoms with Crippen molar-refractivity contribution in [3.05, 3.63) is 34.9 Å². The van der Waals surface area contributed by atoms with E-state index in [-0.39, 0.29) is 71.8 Å². The molecule has 0 atom stereocenters. The fourth-order valence-electron chi connectivity index (χ4n) is 0.582. The second-order valence-corrected chi connectivity index (χ2v) is 2.33. The van der Waals surface area contributed by atoms with Gasteiger partial charge < -0.3 is 24.8 Å². The normalized spacial score (nSPS) is 8.53. The Balaban J connectivity index is -0.000000151. The minimum atomic E-state index is -4.30. The van der Waals surface area contributed by atoms with Gasteiger partial charge in [-0.05, 0) is 0 Å². The molecular weight excluding hydrogens is 279 g/mol. The van der Waals surface area contributed by atoms with E-state index in [0.717, 1.165) is 18.2 Å². The van der Waals surface area contributed by atoms with Crippen LogP contribution < -0.4 is 43.7 Å². The summed E-state index contributed by atoms with van der Waals surface area (Å²) in [5.74, 6) is 0. The molecule has 15 heavy (non-hydrogen) atoms. The van der Waals surface area contributed by atoms with E-state index in [2.05, 4.69) is 6.07 Å². The minimum Gasteiger partial charge on any atom is -1.00 e. The Morgan fingerprint density at radius 3 is 1.87 bits per heavy atom. The monoisotopic (exact) mass is 280 g/mol. The smallest absolute Gasteiger partial charge is 1.00 e. The first-order valence-corrected chi connectivity index (χ1v) is 3.12. The molecule has 0 saturated heterocycles. The van der Waals surface area contributed by atoms with Gasteiger partial charge in [0, 0.05) is 0 Å². The zero-order chi connectivity index (χ0) is 8.48. The number of alkyl halides is 3. The molecule has 0 bridgehead atoms. The average Bonchev–Trinajstić information content (AvgIpc) is 1.86. The zero-order valence-electron chi connectivity index (χ0n) is 7.71. The predicted molar refractivity (Wildman–Crippen MR) is 41.0 cm³/mol. The van der Waals surface area contributed by atoms with Crippen LogP contribution in [-0.2, 0) is 6.18 Å². The van der Waals surface area contributed by atoms with Crippen molar-refractivity contribution in [3.63, 3.8) is 0 Å². The Kier molecular flexibility index (Phi) is 17.5. The van der Waals surface area contributed by atoms with Gasteiger partial charge in [0.1, 0.15) is 0 Å². The van der Waals surface area contributed by atoms with Crippen LogP contribution in [0.15, 0.2) is 18.2 Å². The molecule has 0 aliphatic carbocycles. The summed E-state index contributed by atoms with van der Waals surface area (Å²) in [6, 6.07) is 5.15. The molecule has 0 fully saturated rings. The largest absolute Gasteiger partial charge is 2.00 e. The molecule has 0 nitrogen and oxygen atoms in total. The van der Waals surface area contributed by atoms with Gasteiger partial charge in [-0.1, -0.05) is 10.6 Å². The van der Waals surface area contributed by atoms with Gasteiger partial charge in [0.25, 0.3) is 0 Å². The Labute approximate surface area is 131 Å². The van der Waals surface area contributed by atoms with Crippen LogP contribution in [0.1, 0.15) is 5.56 Å². The first kappa shape index (κ1) is 25.2. The van der Waals surface area contributed by atoms with Gasteiger partial charge in [-0.3, -0.25) is 0 Å². The van der Waals surface area contributed by atoms with Crippen LogP contribution in [0.5, 0.6) is 0 Å². The molecule has 0 amide bonds. The van der Waals surface area contributed by atoms with Crippen molar-refractivity contribution < 1.29 is 56.8 Å². The molecule has 0 heterocycles.